The minimum Gasteiger partial charge on any atom is -0.462 e. The number of carbonyl (C=O) groups is 1. The SMILES string of the molecule is CCOC(=O)C(C#N)=Cc1ccc(-c2c(Br)cc([N+](=O)[O-])cc2Br)o1. The molecule has 0 N–H and O–H groups in total. The van der Waals surface area contributed by atoms with Crippen LogP contribution in [0.1, 0.15) is 12.7 Å². The maximum absolute atomic E-state index is 11.6. The molecule has 0 unspecified atom stereocenters. The largest absolute Gasteiger partial charge is 0.462 e. The van der Waals surface area contributed by atoms with Crippen LogP contribution in [0.3, 0.4) is 0 Å². The zero-order valence-electron chi connectivity index (χ0n) is 12.8. The molecule has 0 fully saturated rings. The van der Waals surface area contributed by atoms with E-state index in [4.69, 9.17) is 14.4 Å². The Hall–Kier alpha value is -2.44. The molecule has 0 amide bonds. The van der Waals surface area contributed by atoms with Crippen molar-refractivity contribution in [1.29, 1.82) is 5.26 Å². The fourth-order valence-electron chi connectivity index (χ4n) is 1.95. The standard InChI is InChI=1S/C16H10Br2N2O5/c1-2-24-16(21)9(8-19)5-11-3-4-14(25-11)15-12(17)6-10(20(22)23)7-13(15)18/h3-7H,2H2,1H3. The summed E-state index contributed by atoms with van der Waals surface area (Å²) in [5, 5.41) is 19.9. The third-order valence-electron chi connectivity index (χ3n) is 3.01. The van der Waals surface area contributed by atoms with Gasteiger partial charge >= 0.3 is 5.97 Å². The summed E-state index contributed by atoms with van der Waals surface area (Å²) in [6, 6.07) is 7.68. The fourth-order valence-corrected chi connectivity index (χ4v) is 3.51. The van der Waals surface area contributed by atoms with Crippen LogP contribution in [0.2, 0.25) is 0 Å². The topological polar surface area (TPSA) is 106 Å². The maximum Gasteiger partial charge on any atom is 0.349 e. The molecule has 128 valence electrons. The Morgan fingerprint density at radius 2 is 2.04 bits per heavy atom. The van der Waals surface area contributed by atoms with E-state index in [9.17, 15) is 14.9 Å². The number of furan rings is 1. The molecule has 0 saturated heterocycles. The molecule has 9 heteroatoms. The van der Waals surface area contributed by atoms with Gasteiger partial charge in [-0.3, -0.25) is 10.1 Å². The normalized spacial score (nSPS) is 11.0. The third-order valence-corrected chi connectivity index (χ3v) is 4.26. The number of benzene rings is 1. The number of esters is 1. The monoisotopic (exact) mass is 468 g/mol. The molecule has 2 rings (SSSR count). The zero-order chi connectivity index (χ0) is 18.6. The highest BCUT2D eigenvalue weighted by Gasteiger charge is 2.18. The molecule has 0 saturated carbocycles. The van der Waals surface area contributed by atoms with Crippen LogP contribution in [0.5, 0.6) is 0 Å². The van der Waals surface area contributed by atoms with Crippen molar-refractivity contribution in [2.24, 2.45) is 0 Å². The Morgan fingerprint density at radius 1 is 1.40 bits per heavy atom. The van der Waals surface area contributed by atoms with Gasteiger partial charge in [-0.15, -0.1) is 0 Å². The Morgan fingerprint density at radius 3 is 2.56 bits per heavy atom. The molecule has 1 aromatic carbocycles. The van der Waals surface area contributed by atoms with E-state index in [2.05, 4.69) is 31.9 Å². The molecule has 1 aromatic heterocycles. The van der Waals surface area contributed by atoms with Crippen LogP contribution in [0.15, 0.2) is 43.2 Å². The second-order valence-corrected chi connectivity index (χ2v) is 6.34. The average molecular weight is 470 g/mol. The highest BCUT2D eigenvalue weighted by atomic mass is 79.9. The van der Waals surface area contributed by atoms with Gasteiger partial charge in [0.25, 0.3) is 5.69 Å². The lowest BCUT2D eigenvalue weighted by atomic mass is 10.1. The lowest BCUT2D eigenvalue weighted by Gasteiger charge is -2.04. The zero-order valence-corrected chi connectivity index (χ0v) is 16.0. The van der Waals surface area contributed by atoms with E-state index in [-0.39, 0.29) is 23.6 Å². The first-order chi connectivity index (χ1) is 11.9. The molecule has 0 aliphatic rings. The number of carbonyl (C=O) groups excluding carboxylic acids is 1. The first-order valence-electron chi connectivity index (χ1n) is 6.90. The second-order valence-electron chi connectivity index (χ2n) is 4.63. The predicted octanol–water partition coefficient (Wildman–Crippen LogP) is 4.85. The quantitative estimate of drug-likeness (QED) is 0.203. The van der Waals surface area contributed by atoms with E-state index in [1.54, 1.807) is 25.1 Å². The predicted molar refractivity (Wildman–Crippen MR) is 96.4 cm³/mol. The Balaban J connectivity index is 2.41. The summed E-state index contributed by atoms with van der Waals surface area (Å²) in [4.78, 5) is 22.0. The summed E-state index contributed by atoms with van der Waals surface area (Å²) < 4.78 is 11.3. The van der Waals surface area contributed by atoms with E-state index in [1.165, 1.54) is 18.2 Å². The second kappa shape index (κ2) is 8.09. The summed E-state index contributed by atoms with van der Waals surface area (Å²) >= 11 is 6.57. The summed E-state index contributed by atoms with van der Waals surface area (Å²) in [5.74, 6) is -0.0570. The molecule has 25 heavy (non-hydrogen) atoms. The number of non-ortho nitro benzene ring substituents is 1. The van der Waals surface area contributed by atoms with Crippen molar-refractivity contribution in [3.63, 3.8) is 0 Å². The minimum absolute atomic E-state index is 0.0803. The molecule has 7 nitrogen and oxygen atoms in total. The van der Waals surface area contributed by atoms with Gasteiger partial charge in [-0.1, -0.05) is 0 Å². The van der Waals surface area contributed by atoms with Crippen LogP contribution in [0.25, 0.3) is 17.4 Å². The number of nitriles is 1. The fraction of sp³-hybridized carbons (Fsp3) is 0.125. The molecular formula is C16H10Br2N2O5. The van der Waals surface area contributed by atoms with Crippen molar-refractivity contribution in [2.75, 3.05) is 6.61 Å². The molecular weight excluding hydrogens is 460 g/mol. The van der Waals surface area contributed by atoms with Crippen LogP contribution in [0.4, 0.5) is 5.69 Å². The maximum atomic E-state index is 11.6. The number of nitro groups is 1. The van der Waals surface area contributed by atoms with Crippen molar-refractivity contribution in [3.05, 3.63) is 54.7 Å². The van der Waals surface area contributed by atoms with Crippen molar-refractivity contribution in [3.8, 4) is 17.4 Å². The van der Waals surface area contributed by atoms with Gasteiger partial charge in [-0.05, 0) is 50.9 Å². The third kappa shape index (κ3) is 4.35. The van der Waals surface area contributed by atoms with E-state index in [0.717, 1.165) is 0 Å². The highest BCUT2D eigenvalue weighted by Crippen LogP contribution is 2.39. The number of rotatable bonds is 5. The van der Waals surface area contributed by atoms with Crippen LogP contribution in [-0.4, -0.2) is 17.5 Å². The average Bonchev–Trinajstić information content (AvgIpc) is 3.00. The molecule has 0 aliphatic carbocycles. The number of hydrogen-bond acceptors (Lipinski definition) is 6. The highest BCUT2D eigenvalue weighted by molar-refractivity contribution is 9.11. The molecule has 1 heterocycles. The van der Waals surface area contributed by atoms with E-state index in [1.807, 2.05) is 0 Å². The van der Waals surface area contributed by atoms with E-state index < -0.39 is 10.9 Å². The number of hydrogen-bond donors (Lipinski definition) is 0. The molecule has 0 aliphatic heterocycles. The van der Waals surface area contributed by atoms with Gasteiger partial charge in [0.15, 0.2) is 0 Å². The van der Waals surface area contributed by atoms with Crippen molar-refractivity contribution >= 4 is 49.6 Å². The molecule has 0 spiro atoms. The van der Waals surface area contributed by atoms with Gasteiger partial charge in [0.05, 0.1) is 11.5 Å². The van der Waals surface area contributed by atoms with Crippen molar-refractivity contribution in [2.45, 2.75) is 6.92 Å². The molecule has 0 atom stereocenters. The number of nitrogens with zero attached hydrogens (tertiary/aromatic N) is 2. The van der Waals surface area contributed by atoms with Crippen LogP contribution in [-0.2, 0) is 9.53 Å². The first-order valence-corrected chi connectivity index (χ1v) is 8.48. The smallest absolute Gasteiger partial charge is 0.349 e. The van der Waals surface area contributed by atoms with Crippen molar-refractivity contribution < 1.29 is 18.9 Å². The first kappa shape index (κ1) is 18.9. The summed E-state index contributed by atoms with van der Waals surface area (Å²) in [5.41, 5.74) is 0.299. The molecule has 0 bridgehead atoms. The van der Waals surface area contributed by atoms with E-state index >= 15 is 0 Å². The Kier molecular flexibility index (Phi) is 6.12. The lowest BCUT2D eigenvalue weighted by Crippen LogP contribution is -2.05. The Labute approximate surface area is 159 Å². The number of halogens is 2. The van der Waals surface area contributed by atoms with Crippen LogP contribution < -0.4 is 0 Å². The lowest BCUT2D eigenvalue weighted by molar-refractivity contribution is -0.385. The Bertz CT molecular complexity index is 888. The van der Waals surface area contributed by atoms with Gasteiger partial charge in [-0.25, -0.2) is 4.79 Å². The summed E-state index contributed by atoms with van der Waals surface area (Å²) in [7, 11) is 0. The molecule has 0 radical (unpaired) electrons. The van der Waals surface area contributed by atoms with Gasteiger partial charge in [0.2, 0.25) is 0 Å². The number of ether oxygens (including phenoxy) is 1. The summed E-state index contributed by atoms with van der Waals surface area (Å²) in [6.07, 6.45) is 1.27. The van der Waals surface area contributed by atoms with Crippen LogP contribution >= 0.6 is 31.9 Å². The summed E-state index contributed by atoms with van der Waals surface area (Å²) in [6.45, 7) is 1.80. The van der Waals surface area contributed by atoms with Crippen LogP contribution in [0, 0.1) is 21.4 Å². The van der Waals surface area contributed by atoms with Gasteiger partial charge < -0.3 is 9.15 Å². The van der Waals surface area contributed by atoms with Gasteiger partial charge in [0, 0.05) is 32.7 Å². The minimum atomic E-state index is -0.736. The van der Waals surface area contributed by atoms with Gasteiger partial charge in [-0.2, -0.15) is 5.26 Å². The van der Waals surface area contributed by atoms with E-state index in [0.29, 0.717) is 20.3 Å². The molecule has 2 aromatic rings. The number of nitro benzene ring substituents is 1. The van der Waals surface area contributed by atoms with Gasteiger partial charge in [0.1, 0.15) is 23.2 Å². The van der Waals surface area contributed by atoms with Crippen molar-refractivity contribution in [1.82, 2.24) is 0 Å².